The first kappa shape index (κ1) is 14.0. The standard InChI is InChI=1S/C15H22N2O2S/c18-15(16-13-5-9-20-11-13)12-3-6-17(7-4-12)10-14-2-1-8-19-14/h1-2,8,12-13H,3-7,9-11H2,(H,16,18). The minimum absolute atomic E-state index is 0.202. The molecule has 1 atom stereocenters. The first-order valence-electron chi connectivity index (χ1n) is 7.44. The molecule has 0 saturated carbocycles. The molecule has 0 bridgehead atoms. The Morgan fingerprint density at radius 3 is 2.90 bits per heavy atom. The summed E-state index contributed by atoms with van der Waals surface area (Å²) in [5.41, 5.74) is 0. The maximum atomic E-state index is 12.2. The molecule has 1 aromatic rings. The average Bonchev–Trinajstić information content (AvgIpc) is 3.13. The number of carbonyl (C=O) groups is 1. The van der Waals surface area contributed by atoms with Gasteiger partial charge in [0.15, 0.2) is 0 Å². The van der Waals surface area contributed by atoms with Crippen LogP contribution in [-0.4, -0.2) is 41.4 Å². The van der Waals surface area contributed by atoms with Crippen LogP contribution in [-0.2, 0) is 11.3 Å². The van der Waals surface area contributed by atoms with Crippen molar-refractivity contribution in [3.05, 3.63) is 24.2 Å². The van der Waals surface area contributed by atoms with E-state index in [2.05, 4.69) is 10.2 Å². The molecule has 1 N–H and O–H groups in total. The molecule has 5 heteroatoms. The van der Waals surface area contributed by atoms with Crippen molar-refractivity contribution < 1.29 is 9.21 Å². The van der Waals surface area contributed by atoms with Crippen LogP contribution in [0.1, 0.15) is 25.0 Å². The van der Waals surface area contributed by atoms with Crippen LogP contribution in [0.3, 0.4) is 0 Å². The quantitative estimate of drug-likeness (QED) is 0.924. The Morgan fingerprint density at radius 1 is 1.40 bits per heavy atom. The number of likely N-dealkylation sites (tertiary alicyclic amines) is 1. The van der Waals surface area contributed by atoms with Crippen LogP contribution in [0.15, 0.2) is 22.8 Å². The number of hydrogen-bond acceptors (Lipinski definition) is 4. The lowest BCUT2D eigenvalue weighted by Crippen LogP contribution is -2.43. The van der Waals surface area contributed by atoms with E-state index in [0.29, 0.717) is 6.04 Å². The fraction of sp³-hybridized carbons (Fsp3) is 0.667. The molecule has 2 fully saturated rings. The Balaban J connectivity index is 1.42. The summed E-state index contributed by atoms with van der Waals surface area (Å²) in [5, 5.41) is 3.21. The number of furan rings is 1. The summed E-state index contributed by atoms with van der Waals surface area (Å²) in [5.74, 6) is 3.76. The van der Waals surface area contributed by atoms with Crippen LogP contribution in [0.4, 0.5) is 0 Å². The van der Waals surface area contributed by atoms with E-state index in [0.717, 1.165) is 50.4 Å². The number of nitrogens with one attached hydrogen (secondary N) is 1. The summed E-state index contributed by atoms with van der Waals surface area (Å²) in [6.45, 7) is 2.83. The van der Waals surface area contributed by atoms with Gasteiger partial charge in [0, 0.05) is 17.7 Å². The summed E-state index contributed by atoms with van der Waals surface area (Å²) in [7, 11) is 0. The van der Waals surface area contributed by atoms with Crippen molar-refractivity contribution >= 4 is 17.7 Å². The molecule has 3 heterocycles. The molecule has 2 saturated heterocycles. The second kappa shape index (κ2) is 6.68. The highest BCUT2D eigenvalue weighted by atomic mass is 32.2. The summed E-state index contributed by atoms with van der Waals surface area (Å²) in [6, 6.07) is 4.35. The van der Waals surface area contributed by atoms with Crippen molar-refractivity contribution in [3.8, 4) is 0 Å². The Morgan fingerprint density at radius 2 is 2.25 bits per heavy atom. The minimum atomic E-state index is 0.202. The molecular formula is C15H22N2O2S. The van der Waals surface area contributed by atoms with E-state index in [1.54, 1.807) is 6.26 Å². The summed E-state index contributed by atoms with van der Waals surface area (Å²) in [4.78, 5) is 14.6. The number of thioether (sulfide) groups is 1. The van der Waals surface area contributed by atoms with Crippen LogP contribution in [0.5, 0.6) is 0 Å². The van der Waals surface area contributed by atoms with E-state index in [9.17, 15) is 4.79 Å². The van der Waals surface area contributed by atoms with Gasteiger partial charge in [-0.15, -0.1) is 0 Å². The molecule has 0 aliphatic carbocycles. The van der Waals surface area contributed by atoms with Crippen molar-refractivity contribution in [1.29, 1.82) is 0 Å². The van der Waals surface area contributed by atoms with Crippen molar-refractivity contribution in [3.63, 3.8) is 0 Å². The molecule has 2 aliphatic heterocycles. The van der Waals surface area contributed by atoms with Crippen LogP contribution in [0, 0.1) is 5.92 Å². The lowest BCUT2D eigenvalue weighted by atomic mass is 9.95. The normalized spacial score (nSPS) is 24.9. The van der Waals surface area contributed by atoms with E-state index in [4.69, 9.17) is 4.42 Å². The minimum Gasteiger partial charge on any atom is -0.468 e. The van der Waals surface area contributed by atoms with Crippen LogP contribution in [0.25, 0.3) is 0 Å². The lowest BCUT2D eigenvalue weighted by Gasteiger charge is -2.31. The zero-order valence-corrected chi connectivity index (χ0v) is 12.5. The molecule has 1 unspecified atom stereocenters. The summed E-state index contributed by atoms with van der Waals surface area (Å²) >= 11 is 1.94. The second-order valence-electron chi connectivity index (χ2n) is 5.70. The van der Waals surface area contributed by atoms with Gasteiger partial charge >= 0.3 is 0 Å². The van der Waals surface area contributed by atoms with Crippen LogP contribution < -0.4 is 5.32 Å². The fourth-order valence-corrected chi connectivity index (χ4v) is 4.10. The molecule has 0 radical (unpaired) electrons. The predicted molar refractivity (Wildman–Crippen MR) is 80.6 cm³/mol. The third-order valence-electron chi connectivity index (χ3n) is 4.19. The van der Waals surface area contributed by atoms with Gasteiger partial charge in [0.2, 0.25) is 5.91 Å². The van der Waals surface area contributed by atoms with E-state index < -0.39 is 0 Å². The Kier molecular flexibility index (Phi) is 4.68. The molecule has 1 amide bonds. The van der Waals surface area contributed by atoms with Gasteiger partial charge < -0.3 is 9.73 Å². The highest BCUT2D eigenvalue weighted by molar-refractivity contribution is 7.99. The predicted octanol–water partition coefficient (Wildman–Crippen LogP) is 2.11. The van der Waals surface area contributed by atoms with Gasteiger partial charge in [0.25, 0.3) is 0 Å². The van der Waals surface area contributed by atoms with E-state index in [1.807, 2.05) is 23.9 Å². The molecule has 20 heavy (non-hydrogen) atoms. The van der Waals surface area contributed by atoms with E-state index in [1.165, 1.54) is 5.75 Å². The van der Waals surface area contributed by atoms with Gasteiger partial charge in [-0.2, -0.15) is 11.8 Å². The van der Waals surface area contributed by atoms with Gasteiger partial charge in [-0.05, 0) is 50.2 Å². The smallest absolute Gasteiger partial charge is 0.223 e. The molecule has 0 aromatic carbocycles. The average molecular weight is 294 g/mol. The van der Waals surface area contributed by atoms with Crippen LogP contribution >= 0.6 is 11.8 Å². The van der Waals surface area contributed by atoms with Gasteiger partial charge in [-0.25, -0.2) is 0 Å². The highest BCUT2D eigenvalue weighted by Crippen LogP contribution is 2.21. The second-order valence-corrected chi connectivity index (χ2v) is 6.85. The SMILES string of the molecule is O=C(NC1CCSC1)C1CCN(Cc2ccco2)CC1. The van der Waals surface area contributed by atoms with E-state index >= 15 is 0 Å². The third-order valence-corrected chi connectivity index (χ3v) is 5.36. The maximum absolute atomic E-state index is 12.2. The maximum Gasteiger partial charge on any atom is 0.223 e. The molecule has 1 aromatic heterocycles. The number of nitrogens with zero attached hydrogens (tertiary/aromatic N) is 1. The molecular weight excluding hydrogens is 272 g/mol. The number of carbonyl (C=O) groups excluding carboxylic acids is 1. The van der Waals surface area contributed by atoms with Crippen LogP contribution in [0.2, 0.25) is 0 Å². The fourth-order valence-electron chi connectivity index (χ4n) is 2.94. The molecule has 4 nitrogen and oxygen atoms in total. The Labute approximate surface area is 124 Å². The summed E-state index contributed by atoms with van der Waals surface area (Å²) < 4.78 is 5.38. The van der Waals surface area contributed by atoms with Crippen molar-refractivity contribution in [2.24, 2.45) is 5.92 Å². The Hall–Kier alpha value is -0.940. The number of rotatable bonds is 4. The first-order chi connectivity index (χ1) is 9.81. The van der Waals surface area contributed by atoms with Gasteiger partial charge in [0.05, 0.1) is 12.8 Å². The Bertz CT molecular complexity index is 421. The largest absolute Gasteiger partial charge is 0.468 e. The van der Waals surface area contributed by atoms with Gasteiger partial charge in [-0.1, -0.05) is 0 Å². The zero-order valence-electron chi connectivity index (χ0n) is 11.7. The number of amides is 1. The number of piperidine rings is 1. The highest BCUT2D eigenvalue weighted by Gasteiger charge is 2.27. The van der Waals surface area contributed by atoms with Gasteiger partial charge in [-0.3, -0.25) is 9.69 Å². The molecule has 2 aliphatic rings. The molecule has 0 spiro atoms. The molecule has 3 rings (SSSR count). The third kappa shape index (κ3) is 3.58. The van der Waals surface area contributed by atoms with Crippen molar-refractivity contribution in [1.82, 2.24) is 10.2 Å². The topological polar surface area (TPSA) is 45.5 Å². The van der Waals surface area contributed by atoms with E-state index in [-0.39, 0.29) is 11.8 Å². The van der Waals surface area contributed by atoms with Crippen molar-refractivity contribution in [2.45, 2.75) is 31.8 Å². The van der Waals surface area contributed by atoms with Crippen molar-refractivity contribution in [2.75, 3.05) is 24.6 Å². The lowest BCUT2D eigenvalue weighted by molar-refractivity contribution is -0.127. The monoisotopic (exact) mass is 294 g/mol. The molecule has 110 valence electrons. The number of hydrogen-bond donors (Lipinski definition) is 1. The summed E-state index contributed by atoms with van der Waals surface area (Å²) in [6.07, 6.45) is 4.78. The zero-order chi connectivity index (χ0) is 13.8. The first-order valence-corrected chi connectivity index (χ1v) is 8.59. The van der Waals surface area contributed by atoms with Gasteiger partial charge in [0.1, 0.15) is 5.76 Å².